The van der Waals surface area contributed by atoms with Gasteiger partial charge in [-0.25, -0.2) is 23.5 Å². The van der Waals surface area contributed by atoms with Gasteiger partial charge >= 0.3 is 0 Å². The van der Waals surface area contributed by atoms with Crippen molar-refractivity contribution in [1.29, 1.82) is 0 Å². The Morgan fingerprint density at radius 1 is 1.44 bits per heavy atom. The Labute approximate surface area is 146 Å². The maximum Gasteiger partial charge on any atom is 0.245 e. The van der Waals surface area contributed by atoms with Crippen LogP contribution in [0.15, 0.2) is 36.1 Å². The van der Waals surface area contributed by atoms with Crippen LogP contribution in [0.2, 0.25) is 0 Å². The molecule has 25 heavy (non-hydrogen) atoms. The van der Waals surface area contributed by atoms with Crippen molar-refractivity contribution in [2.75, 3.05) is 6.61 Å². The zero-order valence-electron chi connectivity index (χ0n) is 13.8. The van der Waals surface area contributed by atoms with Crippen molar-refractivity contribution in [3.05, 3.63) is 47.6 Å². The Morgan fingerprint density at radius 2 is 2.20 bits per heavy atom. The second-order valence-corrected chi connectivity index (χ2v) is 7.92. The van der Waals surface area contributed by atoms with E-state index in [2.05, 4.69) is 9.97 Å². The van der Waals surface area contributed by atoms with Gasteiger partial charge in [0, 0.05) is 24.1 Å². The quantitative estimate of drug-likeness (QED) is 0.761. The number of hydrogen-bond donors (Lipinski definition) is 2. The summed E-state index contributed by atoms with van der Waals surface area (Å²) in [4.78, 5) is 20.9. The summed E-state index contributed by atoms with van der Waals surface area (Å²) in [5, 5.41) is 4.27. The molecule has 0 bridgehead atoms. The SMILES string of the molecule is Cc1ccnc(C2(C3CCCO3)C(C(N)=O)=CC=CC2S(N)(=O)=O)n1. The number of primary amides is 1. The van der Waals surface area contributed by atoms with Crippen molar-refractivity contribution in [2.45, 2.75) is 36.5 Å². The number of nitrogens with two attached hydrogens (primary N) is 2. The molecule has 1 aliphatic carbocycles. The summed E-state index contributed by atoms with van der Waals surface area (Å²) in [7, 11) is -4.09. The molecule has 0 spiro atoms. The van der Waals surface area contributed by atoms with Crippen LogP contribution in [0.5, 0.6) is 0 Å². The normalized spacial score (nSPS) is 29.4. The van der Waals surface area contributed by atoms with Crippen LogP contribution < -0.4 is 10.9 Å². The van der Waals surface area contributed by atoms with Gasteiger partial charge in [0.15, 0.2) is 0 Å². The van der Waals surface area contributed by atoms with Crippen molar-refractivity contribution >= 4 is 15.9 Å². The zero-order valence-corrected chi connectivity index (χ0v) is 14.6. The van der Waals surface area contributed by atoms with E-state index in [-0.39, 0.29) is 11.4 Å². The third kappa shape index (κ3) is 2.88. The van der Waals surface area contributed by atoms with Gasteiger partial charge in [-0.05, 0) is 25.8 Å². The number of nitrogens with zero attached hydrogens (tertiary/aromatic N) is 2. The minimum atomic E-state index is -4.09. The van der Waals surface area contributed by atoms with Crippen molar-refractivity contribution in [3.63, 3.8) is 0 Å². The number of ether oxygens (including phenoxy) is 1. The number of allylic oxidation sites excluding steroid dienone is 2. The van der Waals surface area contributed by atoms with Crippen LogP contribution in [-0.4, -0.2) is 42.3 Å². The van der Waals surface area contributed by atoms with Crippen LogP contribution in [0.4, 0.5) is 0 Å². The van der Waals surface area contributed by atoms with Gasteiger partial charge in [0.05, 0.1) is 6.10 Å². The molecular weight excluding hydrogens is 344 g/mol. The number of aromatic nitrogens is 2. The molecule has 3 rings (SSSR count). The van der Waals surface area contributed by atoms with E-state index in [1.165, 1.54) is 24.4 Å². The Balaban J connectivity index is 2.36. The highest BCUT2D eigenvalue weighted by Gasteiger charge is 2.58. The van der Waals surface area contributed by atoms with Crippen LogP contribution >= 0.6 is 0 Å². The van der Waals surface area contributed by atoms with Crippen LogP contribution in [0.1, 0.15) is 24.4 Å². The predicted octanol–water partition coefficient (Wildman–Crippen LogP) is -0.160. The van der Waals surface area contributed by atoms with Gasteiger partial charge < -0.3 is 10.5 Å². The predicted molar refractivity (Wildman–Crippen MR) is 90.7 cm³/mol. The van der Waals surface area contributed by atoms with Crippen molar-refractivity contribution < 1.29 is 17.9 Å². The molecule has 134 valence electrons. The number of primary sulfonamides is 1. The molecular formula is C16H20N4O4S. The molecule has 1 saturated heterocycles. The number of rotatable bonds is 4. The van der Waals surface area contributed by atoms with Crippen molar-refractivity contribution in [3.8, 4) is 0 Å². The molecule has 9 heteroatoms. The molecule has 3 atom stereocenters. The molecule has 1 aromatic heterocycles. The first-order valence-corrected chi connectivity index (χ1v) is 9.51. The number of carbonyl (C=O) groups is 1. The average Bonchev–Trinajstić information content (AvgIpc) is 3.07. The molecule has 2 heterocycles. The van der Waals surface area contributed by atoms with E-state index < -0.39 is 32.7 Å². The van der Waals surface area contributed by atoms with E-state index in [1.807, 2.05) is 0 Å². The number of hydrogen-bond acceptors (Lipinski definition) is 6. The lowest BCUT2D eigenvalue weighted by Gasteiger charge is -2.43. The lowest BCUT2D eigenvalue weighted by atomic mass is 9.68. The van der Waals surface area contributed by atoms with E-state index in [4.69, 9.17) is 15.6 Å². The van der Waals surface area contributed by atoms with Gasteiger partial charge in [-0.15, -0.1) is 0 Å². The fraction of sp³-hybridized carbons (Fsp3) is 0.438. The smallest absolute Gasteiger partial charge is 0.245 e. The second kappa shape index (κ2) is 6.32. The molecule has 2 aliphatic rings. The number of carbonyl (C=O) groups excluding carboxylic acids is 1. The molecule has 3 unspecified atom stereocenters. The van der Waals surface area contributed by atoms with Crippen molar-refractivity contribution in [2.24, 2.45) is 10.9 Å². The van der Waals surface area contributed by atoms with Crippen LogP contribution in [0, 0.1) is 6.92 Å². The highest BCUT2D eigenvalue weighted by Crippen LogP contribution is 2.46. The first-order valence-electron chi connectivity index (χ1n) is 7.90. The minimum absolute atomic E-state index is 0.0894. The Hall–Kier alpha value is -2.10. The van der Waals surface area contributed by atoms with Gasteiger partial charge in [-0.3, -0.25) is 4.79 Å². The van der Waals surface area contributed by atoms with Crippen molar-refractivity contribution in [1.82, 2.24) is 9.97 Å². The largest absolute Gasteiger partial charge is 0.377 e. The number of amides is 1. The highest BCUT2D eigenvalue weighted by atomic mass is 32.2. The van der Waals surface area contributed by atoms with Gasteiger partial charge in [-0.2, -0.15) is 0 Å². The highest BCUT2D eigenvalue weighted by molar-refractivity contribution is 7.90. The van der Waals surface area contributed by atoms with Crippen LogP contribution in [0.3, 0.4) is 0 Å². The molecule has 0 saturated carbocycles. The number of sulfonamides is 1. The summed E-state index contributed by atoms with van der Waals surface area (Å²) >= 11 is 0. The summed E-state index contributed by atoms with van der Waals surface area (Å²) < 4.78 is 30.7. The summed E-state index contributed by atoms with van der Waals surface area (Å²) in [6, 6.07) is 1.69. The third-order valence-corrected chi connectivity index (χ3v) is 5.90. The minimum Gasteiger partial charge on any atom is -0.377 e. The average molecular weight is 364 g/mol. The summed E-state index contributed by atoms with van der Waals surface area (Å²) in [6.45, 7) is 2.21. The van der Waals surface area contributed by atoms with Gasteiger partial charge in [0.2, 0.25) is 15.9 Å². The van der Waals surface area contributed by atoms with Crippen LogP contribution in [0.25, 0.3) is 0 Å². The molecule has 0 radical (unpaired) electrons. The monoisotopic (exact) mass is 364 g/mol. The van der Waals surface area contributed by atoms with E-state index >= 15 is 0 Å². The molecule has 0 aromatic carbocycles. The third-order valence-electron chi connectivity index (χ3n) is 4.67. The van der Waals surface area contributed by atoms with Gasteiger partial charge in [0.1, 0.15) is 16.5 Å². The standard InChI is InChI=1S/C16H20N4O4S/c1-10-7-8-19-15(20-10)16(12-5-3-9-24-12)11(14(17)21)4-2-6-13(16)25(18,22)23/h2,4,6-8,12-13H,3,5,9H2,1H3,(H2,17,21)(H2,18,22,23). The summed E-state index contributed by atoms with van der Waals surface area (Å²) in [5.41, 5.74) is 4.85. The maximum absolute atomic E-state index is 12.4. The summed E-state index contributed by atoms with van der Waals surface area (Å²) in [5.74, 6) is -0.577. The first-order chi connectivity index (χ1) is 11.8. The molecule has 8 nitrogen and oxygen atoms in total. The van der Waals surface area contributed by atoms with E-state index in [9.17, 15) is 13.2 Å². The fourth-order valence-corrected chi connectivity index (χ4v) is 4.90. The Bertz CT molecular complexity index is 859. The summed E-state index contributed by atoms with van der Waals surface area (Å²) in [6.07, 6.45) is 6.57. The van der Waals surface area contributed by atoms with Gasteiger partial charge in [-0.1, -0.05) is 18.2 Å². The van der Waals surface area contributed by atoms with Crippen LogP contribution in [-0.2, 0) is 25.0 Å². The molecule has 1 fully saturated rings. The topological polar surface area (TPSA) is 138 Å². The molecule has 1 aliphatic heterocycles. The van der Waals surface area contributed by atoms with E-state index in [0.29, 0.717) is 18.7 Å². The Kier molecular flexibility index (Phi) is 4.48. The molecule has 1 aromatic rings. The maximum atomic E-state index is 12.4. The zero-order chi connectivity index (χ0) is 18.2. The lowest BCUT2D eigenvalue weighted by Crippen LogP contribution is -2.58. The number of aryl methyl sites for hydroxylation is 1. The second-order valence-electron chi connectivity index (χ2n) is 6.23. The van der Waals surface area contributed by atoms with E-state index in [1.54, 1.807) is 13.0 Å². The van der Waals surface area contributed by atoms with Gasteiger partial charge in [0.25, 0.3) is 0 Å². The van der Waals surface area contributed by atoms with E-state index in [0.717, 1.165) is 6.42 Å². The lowest BCUT2D eigenvalue weighted by molar-refractivity contribution is -0.116. The Morgan fingerprint density at radius 3 is 2.76 bits per heavy atom. The molecule has 1 amide bonds. The fourth-order valence-electron chi connectivity index (χ4n) is 3.68. The first kappa shape index (κ1) is 17.7. The molecule has 4 N–H and O–H groups in total.